The molecule has 0 radical (unpaired) electrons. The van der Waals surface area contributed by atoms with Crippen LogP contribution in [-0.2, 0) is 0 Å². The lowest BCUT2D eigenvalue weighted by Crippen LogP contribution is -2.20. The molecule has 1 atom stereocenters. The molecule has 1 aromatic carbocycles. The predicted octanol–water partition coefficient (Wildman–Crippen LogP) is 3.40. The Balaban J connectivity index is 2.70. The molecule has 1 rings (SSSR count). The van der Waals surface area contributed by atoms with Crippen LogP contribution >= 0.6 is 11.6 Å². The highest BCUT2D eigenvalue weighted by Gasteiger charge is 2.08. The van der Waals surface area contributed by atoms with Gasteiger partial charge >= 0.3 is 0 Å². The summed E-state index contributed by atoms with van der Waals surface area (Å²) in [6, 6.07) is 8.26. The Kier molecular flexibility index (Phi) is 5.25. The topological polar surface area (TPSA) is 12.0 Å². The number of rotatable bonds is 5. The Labute approximate surface area is 96.8 Å². The van der Waals surface area contributed by atoms with Crippen LogP contribution in [0.2, 0.25) is 5.02 Å². The molecule has 0 spiro atoms. The van der Waals surface area contributed by atoms with E-state index >= 15 is 0 Å². The van der Waals surface area contributed by atoms with E-state index in [-0.39, 0.29) is 0 Å². The van der Waals surface area contributed by atoms with Crippen LogP contribution in [0.25, 0.3) is 0 Å². The van der Waals surface area contributed by atoms with Gasteiger partial charge in [-0.25, -0.2) is 0 Å². The fourth-order valence-electron chi connectivity index (χ4n) is 1.56. The highest BCUT2D eigenvalue weighted by atomic mass is 35.5. The van der Waals surface area contributed by atoms with Gasteiger partial charge in [0.2, 0.25) is 0 Å². The zero-order valence-corrected chi connectivity index (χ0v) is 9.72. The molecule has 0 heterocycles. The maximum Gasteiger partial charge on any atom is 0.0406 e. The summed E-state index contributed by atoms with van der Waals surface area (Å²) < 4.78 is 0. The number of nitrogens with one attached hydrogen (secondary N) is 1. The Morgan fingerprint density at radius 1 is 1.40 bits per heavy atom. The van der Waals surface area contributed by atoms with Crippen LogP contribution < -0.4 is 5.32 Å². The van der Waals surface area contributed by atoms with E-state index in [9.17, 15) is 0 Å². The second-order valence-corrected chi connectivity index (χ2v) is 3.84. The van der Waals surface area contributed by atoms with Crippen LogP contribution in [0, 0.1) is 12.3 Å². The summed E-state index contributed by atoms with van der Waals surface area (Å²) in [5, 5.41) is 4.18. The minimum absolute atomic E-state index is 0.336. The molecule has 0 aliphatic rings. The van der Waals surface area contributed by atoms with Crippen LogP contribution in [0.3, 0.4) is 0 Å². The number of halogens is 1. The van der Waals surface area contributed by atoms with E-state index < -0.39 is 0 Å². The quantitative estimate of drug-likeness (QED) is 0.752. The Bertz CT molecular complexity index is 323. The fraction of sp³-hybridized carbons (Fsp3) is 0.385. The first-order valence-electron chi connectivity index (χ1n) is 5.20. The van der Waals surface area contributed by atoms with Gasteiger partial charge in [-0.3, -0.25) is 0 Å². The van der Waals surface area contributed by atoms with Crippen LogP contribution in [0.5, 0.6) is 0 Å². The zero-order chi connectivity index (χ0) is 11.1. The Morgan fingerprint density at radius 3 is 2.60 bits per heavy atom. The molecule has 2 heteroatoms. The van der Waals surface area contributed by atoms with E-state index in [0.717, 1.165) is 24.4 Å². The van der Waals surface area contributed by atoms with E-state index in [4.69, 9.17) is 18.0 Å². The maximum atomic E-state index is 5.85. The van der Waals surface area contributed by atoms with Crippen molar-refractivity contribution in [2.24, 2.45) is 0 Å². The molecule has 0 saturated carbocycles. The predicted molar refractivity (Wildman–Crippen MR) is 65.9 cm³/mol. The second kappa shape index (κ2) is 6.50. The zero-order valence-electron chi connectivity index (χ0n) is 8.96. The van der Waals surface area contributed by atoms with Crippen molar-refractivity contribution >= 4 is 11.6 Å². The van der Waals surface area contributed by atoms with E-state index in [1.165, 1.54) is 5.56 Å². The average molecular weight is 222 g/mol. The lowest BCUT2D eigenvalue weighted by atomic mass is 10.0. The largest absolute Gasteiger partial charge is 0.310 e. The van der Waals surface area contributed by atoms with Gasteiger partial charge in [-0.2, -0.15) is 0 Å². The molecule has 0 amide bonds. The van der Waals surface area contributed by atoms with E-state index in [1.54, 1.807) is 0 Å². The van der Waals surface area contributed by atoms with E-state index in [1.807, 2.05) is 24.3 Å². The highest BCUT2D eigenvalue weighted by Crippen LogP contribution is 2.20. The third-order valence-electron chi connectivity index (χ3n) is 2.30. The van der Waals surface area contributed by atoms with Crippen LogP contribution in [0.15, 0.2) is 24.3 Å². The monoisotopic (exact) mass is 221 g/mol. The normalized spacial score (nSPS) is 12.1. The molecule has 0 bridgehead atoms. The first kappa shape index (κ1) is 12.1. The molecule has 1 N–H and O–H groups in total. The lowest BCUT2D eigenvalue weighted by Gasteiger charge is -2.17. The molecule has 0 aromatic heterocycles. The van der Waals surface area contributed by atoms with Crippen molar-refractivity contribution < 1.29 is 0 Å². The summed E-state index contributed by atoms with van der Waals surface area (Å²) in [5.41, 5.74) is 1.25. The van der Waals surface area contributed by atoms with Gasteiger partial charge in [0.1, 0.15) is 0 Å². The van der Waals surface area contributed by atoms with Gasteiger partial charge < -0.3 is 5.32 Å². The number of terminal acetylenes is 1. The van der Waals surface area contributed by atoms with E-state index in [0.29, 0.717) is 6.04 Å². The van der Waals surface area contributed by atoms with Gasteiger partial charge in [0.05, 0.1) is 0 Å². The number of hydrogen-bond donors (Lipinski definition) is 1. The molecule has 0 aliphatic carbocycles. The first-order valence-corrected chi connectivity index (χ1v) is 5.58. The van der Waals surface area contributed by atoms with Crippen molar-refractivity contribution in [3.63, 3.8) is 0 Å². The average Bonchev–Trinajstić information content (AvgIpc) is 2.25. The summed E-state index contributed by atoms with van der Waals surface area (Å²) in [6.07, 6.45) is 7.03. The number of benzene rings is 1. The van der Waals surface area contributed by atoms with Crippen LogP contribution in [0.1, 0.15) is 31.4 Å². The Morgan fingerprint density at radius 2 is 2.07 bits per heavy atom. The molecule has 0 fully saturated rings. The molecule has 15 heavy (non-hydrogen) atoms. The highest BCUT2D eigenvalue weighted by molar-refractivity contribution is 6.30. The van der Waals surface area contributed by atoms with Crippen molar-refractivity contribution in [3.05, 3.63) is 34.9 Å². The molecule has 0 saturated heterocycles. The van der Waals surface area contributed by atoms with Gasteiger partial charge in [-0.05, 0) is 30.7 Å². The van der Waals surface area contributed by atoms with Crippen molar-refractivity contribution in [2.75, 3.05) is 6.54 Å². The molecular formula is C13H16ClN. The SMILES string of the molecule is C#CCCC(NCC)c1ccc(Cl)cc1. The summed E-state index contributed by atoms with van der Waals surface area (Å²) in [7, 11) is 0. The van der Waals surface area contributed by atoms with Crippen LogP contribution in [-0.4, -0.2) is 6.54 Å². The summed E-state index contributed by atoms with van der Waals surface area (Å²) in [6.45, 7) is 3.04. The lowest BCUT2D eigenvalue weighted by molar-refractivity contribution is 0.523. The van der Waals surface area contributed by atoms with Gasteiger partial charge in [0.25, 0.3) is 0 Å². The smallest absolute Gasteiger partial charge is 0.0406 e. The third kappa shape index (κ3) is 3.95. The second-order valence-electron chi connectivity index (χ2n) is 3.40. The molecule has 1 unspecified atom stereocenters. The standard InChI is InChI=1S/C13H16ClN/c1-3-5-6-13(15-4-2)11-7-9-12(14)10-8-11/h1,7-10,13,15H,4-6H2,2H3. The minimum atomic E-state index is 0.336. The van der Waals surface area contributed by atoms with Crippen molar-refractivity contribution in [2.45, 2.75) is 25.8 Å². The fourth-order valence-corrected chi connectivity index (χ4v) is 1.68. The van der Waals surface area contributed by atoms with Gasteiger partial charge in [0, 0.05) is 17.5 Å². The number of hydrogen-bond acceptors (Lipinski definition) is 1. The summed E-state index contributed by atoms with van der Waals surface area (Å²) >= 11 is 5.85. The molecule has 0 aliphatic heterocycles. The van der Waals surface area contributed by atoms with Crippen molar-refractivity contribution in [1.82, 2.24) is 5.32 Å². The molecular weight excluding hydrogens is 206 g/mol. The Hall–Kier alpha value is -0.970. The van der Waals surface area contributed by atoms with Crippen molar-refractivity contribution in [3.8, 4) is 12.3 Å². The van der Waals surface area contributed by atoms with Crippen LogP contribution in [0.4, 0.5) is 0 Å². The first-order chi connectivity index (χ1) is 7.27. The van der Waals surface area contributed by atoms with Gasteiger partial charge in [0.15, 0.2) is 0 Å². The molecule has 1 nitrogen and oxygen atoms in total. The summed E-state index contributed by atoms with van der Waals surface area (Å²) in [5.74, 6) is 2.67. The minimum Gasteiger partial charge on any atom is -0.310 e. The summed E-state index contributed by atoms with van der Waals surface area (Å²) in [4.78, 5) is 0. The van der Waals surface area contributed by atoms with E-state index in [2.05, 4.69) is 18.2 Å². The molecule has 1 aromatic rings. The van der Waals surface area contributed by atoms with Gasteiger partial charge in [-0.1, -0.05) is 30.7 Å². The van der Waals surface area contributed by atoms with Crippen molar-refractivity contribution in [1.29, 1.82) is 0 Å². The third-order valence-corrected chi connectivity index (χ3v) is 2.55. The van der Waals surface area contributed by atoms with Gasteiger partial charge in [-0.15, -0.1) is 12.3 Å². The maximum absolute atomic E-state index is 5.85. The molecule has 80 valence electrons.